The summed E-state index contributed by atoms with van der Waals surface area (Å²) in [5, 5.41) is 11.2. The zero-order chi connectivity index (χ0) is 35.4. The number of ether oxygens (including phenoxy) is 3. The quantitative estimate of drug-likeness (QED) is 0.162. The third-order valence-electron chi connectivity index (χ3n) is 10.8. The van der Waals surface area contributed by atoms with Crippen LogP contribution in [0.3, 0.4) is 0 Å². The van der Waals surface area contributed by atoms with Crippen LogP contribution in [0.25, 0.3) is 10.7 Å². The van der Waals surface area contributed by atoms with E-state index < -0.39 is 53.1 Å². The van der Waals surface area contributed by atoms with E-state index in [1.54, 1.807) is 36.7 Å². The maximum absolute atomic E-state index is 13.7. The molecule has 48 heavy (non-hydrogen) atoms. The molecule has 0 N–H and O–H groups in total. The van der Waals surface area contributed by atoms with Crippen molar-refractivity contribution in [1.29, 1.82) is 0 Å². The molecule has 14 heteroatoms. The minimum atomic E-state index is -1.15. The van der Waals surface area contributed by atoms with Crippen LogP contribution in [0.15, 0.2) is 17.8 Å². The van der Waals surface area contributed by atoms with Crippen LogP contribution in [0.1, 0.15) is 80.6 Å². The van der Waals surface area contributed by atoms with Crippen molar-refractivity contribution in [3.8, 4) is 10.7 Å². The van der Waals surface area contributed by atoms with E-state index in [-0.39, 0.29) is 17.7 Å². The second-order valence-corrected chi connectivity index (χ2v) is 15.1. The van der Waals surface area contributed by atoms with E-state index in [1.165, 1.54) is 11.3 Å². The number of methoxy groups -OCH3 is 1. The van der Waals surface area contributed by atoms with Crippen LogP contribution in [0.5, 0.6) is 0 Å². The molecule has 2 saturated heterocycles. The molecule has 9 atom stereocenters. The number of thiazole rings is 1. The van der Waals surface area contributed by atoms with E-state index in [0.29, 0.717) is 32.4 Å². The number of hydrogen-bond donors (Lipinski definition) is 0. The van der Waals surface area contributed by atoms with Gasteiger partial charge in [0.1, 0.15) is 28.5 Å². The van der Waals surface area contributed by atoms with Gasteiger partial charge in [-0.25, -0.2) is 9.78 Å². The Hall–Kier alpha value is -2.84. The highest BCUT2D eigenvalue weighted by molar-refractivity contribution is 7.13. The molecular weight excluding hydrogens is 631 g/mol. The molecule has 0 aromatic carbocycles. The first-order valence-electron chi connectivity index (χ1n) is 17.2. The molecule has 2 aliphatic rings. The maximum atomic E-state index is 13.7. The van der Waals surface area contributed by atoms with Gasteiger partial charge < -0.3 is 19.1 Å². The third kappa shape index (κ3) is 7.96. The number of hydrogen-bond acceptors (Lipinski definition) is 11. The predicted molar refractivity (Wildman–Crippen MR) is 185 cm³/mol. The number of carbonyl (C=O) groups is 3. The summed E-state index contributed by atoms with van der Waals surface area (Å²) in [6.07, 6.45) is 5.80. The predicted octanol–water partition coefficient (Wildman–Crippen LogP) is 5.04. The van der Waals surface area contributed by atoms with Crippen LogP contribution in [0, 0.1) is 17.8 Å². The lowest BCUT2D eigenvalue weighted by Gasteiger charge is -2.44. The van der Waals surface area contributed by atoms with Gasteiger partial charge in [-0.3, -0.25) is 19.2 Å². The Morgan fingerprint density at radius 1 is 1.12 bits per heavy atom. The Balaban J connectivity index is 1.57. The van der Waals surface area contributed by atoms with Crippen molar-refractivity contribution in [2.24, 2.45) is 17.8 Å². The zero-order valence-corrected chi connectivity index (χ0v) is 30.9. The summed E-state index contributed by atoms with van der Waals surface area (Å²) < 4.78 is 20.0. The number of amides is 1. The number of Topliss-reactive ketones (excluding diaryl/α,β-unsaturated/α-hetero) is 1. The molecule has 2 aliphatic heterocycles. The molecule has 264 valence electrons. The Labute approximate surface area is 290 Å². The van der Waals surface area contributed by atoms with E-state index in [0.717, 1.165) is 30.1 Å². The summed E-state index contributed by atoms with van der Waals surface area (Å²) in [7, 11) is 10.4. The highest BCUT2D eigenvalue weighted by Crippen LogP contribution is 2.41. The Morgan fingerprint density at radius 2 is 1.83 bits per heavy atom. The molecule has 2 radical (unpaired) electrons. The molecule has 2 aromatic heterocycles. The first-order valence-corrected chi connectivity index (χ1v) is 18.1. The summed E-state index contributed by atoms with van der Waals surface area (Å²) in [6, 6.07) is -0.554. The number of likely N-dealkylation sites (N-methyl/N-ethyl adjacent to an activating group) is 1. The van der Waals surface area contributed by atoms with Gasteiger partial charge >= 0.3 is 12.1 Å². The van der Waals surface area contributed by atoms with Gasteiger partial charge in [0.25, 0.3) is 0 Å². The Kier molecular flexibility index (Phi) is 12.5. The molecule has 4 heterocycles. The summed E-state index contributed by atoms with van der Waals surface area (Å²) in [5.41, 5.74) is -1.17. The molecule has 4 rings (SSSR count). The number of aromatic nitrogens is 4. The normalized spacial score (nSPS) is 34.6. The zero-order valence-electron chi connectivity index (χ0n) is 30.0. The van der Waals surface area contributed by atoms with Crippen LogP contribution in [-0.2, 0) is 30.3 Å². The number of nitrogens with zero attached hydrogens (tertiary/aromatic N) is 6. The lowest BCUT2D eigenvalue weighted by Crippen LogP contribution is -2.61. The van der Waals surface area contributed by atoms with Crippen LogP contribution in [-0.4, -0.2) is 112 Å². The molecule has 0 aliphatic carbocycles. The number of unbranched alkanes of at least 4 members (excludes halogenated alkanes) is 1. The smallest absolute Gasteiger partial charge is 0.410 e. The summed E-state index contributed by atoms with van der Waals surface area (Å²) in [6.45, 7) is 15.1. The molecule has 12 nitrogen and oxygen atoms in total. The second-order valence-electron chi connectivity index (χ2n) is 14.2. The van der Waals surface area contributed by atoms with Crippen molar-refractivity contribution in [3.05, 3.63) is 17.8 Å². The monoisotopic (exact) mass is 684 g/mol. The molecular formula is C34H53BN6O6S. The molecule has 0 unspecified atom stereocenters. The Morgan fingerprint density at radius 3 is 2.48 bits per heavy atom. The lowest BCUT2D eigenvalue weighted by atomic mass is 9.62. The fraction of sp³-hybridized carbons (Fsp3) is 0.765. The van der Waals surface area contributed by atoms with Gasteiger partial charge in [-0.15, -0.1) is 16.4 Å². The first-order chi connectivity index (χ1) is 22.7. The van der Waals surface area contributed by atoms with Crippen molar-refractivity contribution in [2.75, 3.05) is 27.2 Å². The number of ketones is 1. The van der Waals surface area contributed by atoms with E-state index in [2.05, 4.69) is 41.1 Å². The average molecular weight is 685 g/mol. The summed E-state index contributed by atoms with van der Waals surface area (Å²) in [4.78, 5) is 49.2. The van der Waals surface area contributed by atoms with Crippen LogP contribution >= 0.6 is 11.3 Å². The van der Waals surface area contributed by atoms with Crippen LogP contribution < -0.4 is 0 Å². The summed E-state index contributed by atoms with van der Waals surface area (Å²) >= 11 is 1.51. The molecule has 0 saturated carbocycles. The minimum Gasteiger partial charge on any atom is -0.458 e. The van der Waals surface area contributed by atoms with Crippen molar-refractivity contribution < 1.29 is 28.6 Å². The van der Waals surface area contributed by atoms with Gasteiger partial charge in [-0.1, -0.05) is 26.0 Å². The second kappa shape index (κ2) is 15.8. The van der Waals surface area contributed by atoms with E-state index in [9.17, 15) is 14.4 Å². The van der Waals surface area contributed by atoms with Crippen LogP contribution in [0.2, 0.25) is 5.82 Å². The van der Waals surface area contributed by atoms with Crippen molar-refractivity contribution >= 4 is 37.0 Å². The third-order valence-corrected chi connectivity index (χ3v) is 11.6. The largest absolute Gasteiger partial charge is 0.458 e. The van der Waals surface area contributed by atoms with Crippen molar-refractivity contribution in [1.82, 2.24) is 29.8 Å². The van der Waals surface area contributed by atoms with Gasteiger partial charge in [0, 0.05) is 43.7 Å². The average Bonchev–Trinajstić information content (AvgIpc) is 3.82. The fourth-order valence-electron chi connectivity index (χ4n) is 7.45. The highest BCUT2D eigenvalue weighted by atomic mass is 32.1. The SMILES string of the molecule is [B][C@@H]1[C@@H](C)C(=O)[C@@H](C)C(=O)O[C@H](CC)[C@@]2(C)OC(=O)N(CCCCn3cc(-c4nccs4)nn3)[C@@H]2[C@H](C)N(C)CC[C@@H](C)C[C@@]1(C)OC. The topological polar surface area (TPSA) is 129 Å². The van der Waals surface area contributed by atoms with Crippen LogP contribution in [0.4, 0.5) is 4.79 Å². The van der Waals surface area contributed by atoms with Gasteiger partial charge in [-0.2, -0.15) is 0 Å². The maximum Gasteiger partial charge on any atom is 0.410 e. The lowest BCUT2D eigenvalue weighted by molar-refractivity contribution is -0.171. The molecule has 0 bridgehead atoms. The van der Waals surface area contributed by atoms with Crippen molar-refractivity contribution in [2.45, 2.75) is 122 Å². The van der Waals surface area contributed by atoms with Gasteiger partial charge in [-0.05, 0) is 85.1 Å². The van der Waals surface area contributed by atoms with E-state index in [1.807, 2.05) is 32.3 Å². The van der Waals surface area contributed by atoms with Gasteiger partial charge in [0.15, 0.2) is 5.60 Å². The summed E-state index contributed by atoms with van der Waals surface area (Å²) in [5.74, 6) is -3.01. The number of rotatable bonds is 8. The standard InChI is InChI=1S/C34H53BN6O6S/c1-10-26-34(7)29(41(32(44)47-34)16-12-11-15-40-20-25(37-38-40)30-36-14-18-48-30)24(5)39(8)17-13-21(2)19-33(6,45-9)28(35)22(3)27(42)23(4)31(43)46-26/h14,18,20-24,26,28-29H,10-13,15-17,19H2,1-9H3/t21-,22+,23-,24+,26-,28-,29-,33-,34-/m1/s1. The number of aryl methyl sites for hydroxylation is 1. The van der Waals surface area contributed by atoms with Crippen molar-refractivity contribution in [3.63, 3.8) is 0 Å². The van der Waals surface area contributed by atoms with Gasteiger partial charge in [0.05, 0.1) is 25.7 Å². The highest BCUT2D eigenvalue weighted by Gasteiger charge is 2.59. The van der Waals surface area contributed by atoms with E-state index >= 15 is 0 Å². The number of fused-ring (bicyclic) bond motifs is 1. The molecule has 2 aromatic rings. The molecule has 0 spiro atoms. The Bertz CT molecular complexity index is 1390. The van der Waals surface area contributed by atoms with Gasteiger partial charge in [0.2, 0.25) is 0 Å². The number of esters is 1. The molecule has 1 amide bonds. The first kappa shape index (κ1) is 38.0. The molecule has 2 fully saturated rings. The van der Waals surface area contributed by atoms with E-state index in [4.69, 9.17) is 22.1 Å². The number of cyclic esters (lactones) is 1. The minimum absolute atomic E-state index is 0.138. The number of carbonyl (C=O) groups excluding carboxylic acids is 3. The fourth-order valence-corrected chi connectivity index (χ4v) is 8.04.